The van der Waals surface area contributed by atoms with E-state index in [4.69, 9.17) is 15.2 Å². The highest BCUT2D eigenvalue weighted by atomic mass is 16.5. The Morgan fingerprint density at radius 2 is 1.97 bits per heavy atom. The number of nitrogens with zero attached hydrogens (tertiary/aromatic N) is 5. The van der Waals surface area contributed by atoms with Gasteiger partial charge in [0.1, 0.15) is 29.5 Å². The molecule has 2 aliphatic heterocycles. The molecule has 0 saturated carbocycles. The highest BCUT2D eigenvalue weighted by Crippen LogP contribution is 2.38. The van der Waals surface area contributed by atoms with Crippen LogP contribution in [0.3, 0.4) is 0 Å². The van der Waals surface area contributed by atoms with E-state index in [0.717, 1.165) is 54.6 Å². The van der Waals surface area contributed by atoms with Crippen LogP contribution in [0.1, 0.15) is 11.3 Å². The van der Waals surface area contributed by atoms with Crippen molar-refractivity contribution in [3.63, 3.8) is 0 Å². The predicted octanol–water partition coefficient (Wildman–Crippen LogP) is 2.79. The molecule has 31 heavy (non-hydrogen) atoms. The number of rotatable bonds is 4. The number of hydrogen-bond donors (Lipinski definition) is 1. The van der Waals surface area contributed by atoms with E-state index in [1.807, 2.05) is 25.3 Å². The van der Waals surface area contributed by atoms with Crippen LogP contribution in [-0.2, 0) is 4.74 Å². The zero-order valence-corrected chi connectivity index (χ0v) is 17.6. The number of hydrogen-bond acceptors (Lipinski definition) is 7. The third kappa shape index (κ3) is 3.47. The van der Waals surface area contributed by atoms with Gasteiger partial charge in [0.15, 0.2) is 5.82 Å². The molecule has 158 valence electrons. The Balaban J connectivity index is 1.61. The summed E-state index contributed by atoms with van der Waals surface area (Å²) in [5, 5.41) is 10.0. The fourth-order valence-electron chi connectivity index (χ4n) is 4.55. The second-order valence-corrected chi connectivity index (χ2v) is 8.21. The second-order valence-electron chi connectivity index (χ2n) is 8.21. The van der Waals surface area contributed by atoms with Crippen LogP contribution >= 0.6 is 0 Å². The second kappa shape index (κ2) is 7.60. The summed E-state index contributed by atoms with van der Waals surface area (Å²) in [5.41, 5.74) is 10.1. The Hall–Kier alpha value is -3.57. The monoisotopic (exact) mass is 416 g/mol. The van der Waals surface area contributed by atoms with Crippen LogP contribution < -0.4 is 15.4 Å². The minimum atomic E-state index is 0.340. The van der Waals surface area contributed by atoms with Gasteiger partial charge in [0.2, 0.25) is 0 Å². The third-order valence-corrected chi connectivity index (χ3v) is 6.13. The van der Waals surface area contributed by atoms with Crippen LogP contribution in [0.2, 0.25) is 0 Å². The van der Waals surface area contributed by atoms with Gasteiger partial charge in [-0.2, -0.15) is 5.26 Å². The van der Waals surface area contributed by atoms with Crippen molar-refractivity contribution in [1.82, 2.24) is 14.5 Å². The van der Waals surface area contributed by atoms with Crippen molar-refractivity contribution in [2.45, 2.75) is 6.92 Å². The maximum absolute atomic E-state index is 10.0. The molecular formula is C23H24N6O2. The Bertz CT molecular complexity index is 1170. The number of ether oxygens (including phenoxy) is 2. The van der Waals surface area contributed by atoms with Crippen molar-refractivity contribution in [1.29, 1.82) is 5.26 Å². The molecule has 2 saturated heterocycles. The SMILES string of the molecule is COc1cc(-c2cc(N)nc(-n3cnc(C)c3)c2C#N)cc(N2CC3COCC3C2)c1. The first kappa shape index (κ1) is 19.4. The van der Waals surface area contributed by atoms with Crippen LogP contribution in [0.5, 0.6) is 5.75 Å². The predicted molar refractivity (Wildman–Crippen MR) is 117 cm³/mol. The summed E-state index contributed by atoms with van der Waals surface area (Å²) < 4.78 is 12.9. The van der Waals surface area contributed by atoms with Gasteiger partial charge in [-0.3, -0.25) is 4.57 Å². The lowest BCUT2D eigenvalue weighted by Gasteiger charge is -2.22. The number of benzene rings is 1. The van der Waals surface area contributed by atoms with Gasteiger partial charge < -0.3 is 20.1 Å². The standard InChI is InChI=1S/C23H24N6O2/c1-14-8-29(13-26-14)23-21(7-24)20(6-22(25)27-23)15-3-18(5-19(4-15)30-2)28-9-16-11-31-12-17(16)10-28/h3-6,8,13,16-17H,9-12H2,1-2H3,(H2,25,27). The van der Waals surface area contributed by atoms with Gasteiger partial charge in [-0.05, 0) is 30.7 Å². The maximum atomic E-state index is 10.0. The first-order valence-electron chi connectivity index (χ1n) is 10.3. The van der Waals surface area contributed by atoms with Gasteiger partial charge >= 0.3 is 0 Å². The maximum Gasteiger partial charge on any atom is 0.158 e. The van der Waals surface area contributed by atoms with E-state index in [1.54, 1.807) is 24.1 Å². The Kier molecular flexibility index (Phi) is 4.75. The largest absolute Gasteiger partial charge is 0.497 e. The molecule has 5 rings (SSSR count). The number of nitrogen functional groups attached to an aromatic ring is 1. The highest BCUT2D eigenvalue weighted by Gasteiger charge is 2.37. The van der Waals surface area contributed by atoms with Crippen LogP contribution in [-0.4, -0.2) is 47.9 Å². The quantitative estimate of drug-likeness (QED) is 0.698. The van der Waals surface area contributed by atoms with Gasteiger partial charge in [0.05, 0.1) is 26.0 Å². The zero-order valence-electron chi connectivity index (χ0n) is 17.6. The minimum absolute atomic E-state index is 0.340. The molecule has 8 heteroatoms. The molecule has 0 spiro atoms. The van der Waals surface area contributed by atoms with Crippen LogP contribution in [0, 0.1) is 30.1 Å². The van der Waals surface area contributed by atoms with Gasteiger partial charge in [0, 0.05) is 48.4 Å². The van der Waals surface area contributed by atoms with Crippen molar-refractivity contribution in [3.05, 3.63) is 48.0 Å². The molecule has 2 atom stereocenters. The number of aromatic nitrogens is 3. The molecule has 2 unspecified atom stereocenters. The summed E-state index contributed by atoms with van der Waals surface area (Å²) in [6, 6.07) is 10.1. The zero-order chi connectivity index (χ0) is 21.5. The summed E-state index contributed by atoms with van der Waals surface area (Å²) in [6.07, 6.45) is 3.47. The number of pyridine rings is 1. The summed E-state index contributed by atoms with van der Waals surface area (Å²) in [7, 11) is 1.65. The number of aryl methyl sites for hydroxylation is 1. The van der Waals surface area contributed by atoms with Crippen molar-refractivity contribution in [2.75, 3.05) is 44.0 Å². The molecular weight excluding hydrogens is 392 g/mol. The average Bonchev–Trinajstić information content (AvgIpc) is 3.49. The molecule has 4 heterocycles. The van der Waals surface area contributed by atoms with Crippen LogP contribution in [0.15, 0.2) is 36.8 Å². The van der Waals surface area contributed by atoms with Crippen LogP contribution in [0.25, 0.3) is 16.9 Å². The summed E-state index contributed by atoms with van der Waals surface area (Å²) >= 11 is 0. The summed E-state index contributed by atoms with van der Waals surface area (Å²) in [4.78, 5) is 11.1. The molecule has 2 fully saturated rings. The molecule has 2 aliphatic rings. The van der Waals surface area contributed by atoms with E-state index in [0.29, 0.717) is 29.0 Å². The number of nitriles is 1. The van der Waals surface area contributed by atoms with E-state index >= 15 is 0 Å². The molecule has 2 N–H and O–H groups in total. The third-order valence-electron chi connectivity index (χ3n) is 6.13. The van der Waals surface area contributed by atoms with Gasteiger partial charge in [-0.15, -0.1) is 0 Å². The number of imidazole rings is 1. The van der Waals surface area contributed by atoms with E-state index in [-0.39, 0.29) is 0 Å². The van der Waals surface area contributed by atoms with E-state index in [2.05, 4.69) is 27.0 Å². The topological polar surface area (TPSA) is 102 Å². The fourth-order valence-corrected chi connectivity index (χ4v) is 4.55. The number of nitrogens with two attached hydrogens (primary N) is 1. The van der Waals surface area contributed by atoms with Crippen molar-refractivity contribution in [2.24, 2.45) is 11.8 Å². The number of fused-ring (bicyclic) bond motifs is 1. The Morgan fingerprint density at radius 1 is 1.19 bits per heavy atom. The average molecular weight is 416 g/mol. The molecule has 1 aromatic carbocycles. The molecule has 0 aliphatic carbocycles. The Labute approximate surface area is 180 Å². The first-order chi connectivity index (χ1) is 15.1. The first-order valence-corrected chi connectivity index (χ1v) is 10.3. The normalized spacial score (nSPS) is 20.0. The summed E-state index contributed by atoms with van der Waals surface area (Å²) in [5.74, 6) is 2.68. The van der Waals surface area contributed by atoms with Crippen molar-refractivity contribution < 1.29 is 9.47 Å². The van der Waals surface area contributed by atoms with E-state index in [9.17, 15) is 5.26 Å². The molecule has 0 amide bonds. The lowest BCUT2D eigenvalue weighted by Crippen LogP contribution is -2.22. The molecule has 2 aromatic heterocycles. The smallest absolute Gasteiger partial charge is 0.158 e. The van der Waals surface area contributed by atoms with Crippen molar-refractivity contribution >= 4 is 11.5 Å². The van der Waals surface area contributed by atoms with Crippen LogP contribution in [0.4, 0.5) is 11.5 Å². The lowest BCUT2D eigenvalue weighted by atomic mass is 9.99. The lowest BCUT2D eigenvalue weighted by molar-refractivity contribution is 0.177. The number of anilines is 2. The van der Waals surface area contributed by atoms with Gasteiger partial charge in [0.25, 0.3) is 0 Å². The molecule has 8 nitrogen and oxygen atoms in total. The Morgan fingerprint density at radius 3 is 2.61 bits per heavy atom. The van der Waals surface area contributed by atoms with Gasteiger partial charge in [-0.1, -0.05) is 0 Å². The molecule has 0 radical (unpaired) electrons. The molecule has 0 bridgehead atoms. The van der Waals surface area contributed by atoms with E-state index in [1.165, 1.54) is 0 Å². The van der Waals surface area contributed by atoms with Gasteiger partial charge in [-0.25, -0.2) is 9.97 Å². The van der Waals surface area contributed by atoms with Crippen molar-refractivity contribution in [3.8, 4) is 28.8 Å². The highest BCUT2D eigenvalue weighted by molar-refractivity contribution is 5.79. The minimum Gasteiger partial charge on any atom is -0.497 e. The summed E-state index contributed by atoms with van der Waals surface area (Å²) in [6.45, 7) is 5.46. The fraction of sp³-hybridized carbons (Fsp3) is 0.348. The molecule has 3 aromatic rings. The number of methoxy groups -OCH3 is 1. The van der Waals surface area contributed by atoms with E-state index < -0.39 is 0 Å².